The molecule has 0 aliphatic carbocycles. The summed E-state index contributed by atoms with van der Waals surface area (Å²) in [6, 6.07) is 13.8. The van der Waals surface area contributed by atoms with Crippen LogP contribution in [0.15, 0.2) is 48.7 Å². The average Bonchev–Trinajstić information content (AvgIpc) is 2.55. The van der Waals surface area contributed by atoms with Crippen molar-refractivity contribution in [1.29, 1.82) is 0 Å². The van der Waals surface area contributed by atoms with E-state index in [-0.39, 0.29) is 5.91 Å². The minimum atomic E-state index is -0.140. The minimum Gasteiger partial charge on any atom is -0.351 e. The van der Waals surface area contributed by atoms with Crippen LogP contribution in [-0.2, 0) is 6.54 Å². The predicted molar refractivity (Wildman–Crippen MR) is 83.9 cm³/mol. The van der Waals surface area contributed by atoms with Gasteiger partial charge in [-0.05, 0) is 29.5 Å². The summed E-state index contributed by atoms with van der Waals surface area (Å²) in [6.07, 6.45) is 2.54. The third-order valence-electron chi connectivity index (χ3n) is 3.52. The smallest absolute Gasteiger partial charge is 0.269 e. The number of nitrogens with two attached hydrogens (primary N) is 1. The molecule has 1 heterocycles. The molecule has 1 aromatic heterocycles. The molecule has 110 valence electrons. The van der Waals surface area contributed by atoms with Crippen LogP contribution in [0, 0.1) is 0 Å². The van der Waals surface area contributed by atoms with Gasteiger partial charge in [0.2, 0.25) is 0 Å². The van der Waals surface area contributed by atoms with Gasteiger partial charge in [-0.2, -0.15) is 0 Å². The quantitative estimate of drug-likeness (QED) is 0.855. The first-order chi connectivity index (χ1) is 10.2. The van der Waals surface area contributed by atoms with Crippen molar-refractivity contribution in [2.24, 2.45) is 5.73 Å². The molecule has 0 radical (unpaired) electrons. The van der Waals surface area contributed by atoms with E-state index in [0.717, 1.165) is 12.0 Å². The maximum absolute atomic E-state index is 12.0. The lowest BCUT2D eigenvalue weighted by Gasteiger charge is -2.12. The Balaban J connectivity index is 1.81. The molecule has 0 saturated carbocycles. The first kappa shape index (κ1) is 15.2. The van der Waals surface area contributed by atoms with Crippen molar-refractivity contribution in [3.63, 3.8) is 0 Å². The lowest BCUT2D eigenvalue weighted by atomic mass is 9.98. The Morgan fingerprint density at radius 2 is 2.00 bits per heavy atom. The predicted octanol–water partition coefficient (Wildman–Crippen LogP) is 2.46. The Morgan fingerprint density at radius 3 is 2.62 bits per heavy atom. The van der Waals surface area contributed by atoms with Gasteiger partial charge in [-0.15, -0.1) is 0 Å². The van der Waals surface area contributed by atoms with E-state index in [0.29, 0.717) is 24.7 Å². The fourth-order valence-electron chi connectivity index (χ4n) is 2.12. The van der Waals surface area contributed by atoms with Crippen molar-refractivity contribution in [3.8, 4) is 0 Å². The van der Waals surface area contributed by atoms with Gasteiger partial charge in [-0.25, -0.2) is 0 Å². The number of aromatic nitrogens is 1. The molecule has 3 N–H and O–H groups in total. The second-order valence-corrected chi connectivity index (χ2v) is 5.11. The molecule has 0 bridgehead atoms. The molecule has 2 rings (SSSR count). The van der Waals surface area contributed by atoms with Gasteiger partial charge in [0.05, 0.1) is 0 Å². The molecule has 2 aromatic rings. The van der Waals surface area contributed by atoms with Crippen LogP contribution in [0.2, 0.25) is 0 Å². The molecular formula is C17H21N3O. The number of pyridine rings is 1. The van der Waals surface area contributed by atoms with Crippen molar-refractivity contribution in [3.05, 3.63) is 65.5 Å². The molecule has 0 saturated heterocycles. The van der Waals surface area contributed by atoms with Crippen molar-refractivity contribution < 1.29 is 4.79 Å². The minimum absolute atomic E-state index is 0.140. The highest BCUT2D eigenvalue weighted by molar-refractivity contribution is 5.92. The number of amides is 1. The summed E-state index contributed by atoms with van der Waals surface area (Å²) in [7, 11) is 0. The van der Waals surface area contributed by atoms with Crippen LogP contribution >= 0.6 is 0 Å². The van der Waals surface area contributed by atoms with E-state index in [1.165, 1.54) is 5.56 Å². The molecular weight excluding hydrogens is 262 g/mol. The van der Waals surface area contributed by atoms with Gasteiger partial charge in [0.15, 0.2) is 0 Å². The lowest BCUT2D eigenvalue weighted by molar-refractivity contribution is 0.0947. The molecule has 0 aliphatic rings. The van der Waals surface area contributed by atoms with E-state index in [1.807, 2.05) is 24.3 Å². The number of nitrogens with one attached hydrogen (secondary N) is 1. The zero-order valence-electron chi connectivity index (χ0n) is 12.3. The van der Waals surface area contributed by atoms with Gasteiger partial charge in [-0.1, -0.05) is 43.3 Å². The normalized spacial score (nSPS) is 11.9. The van der Waals surface area contributed by atoms with E-state index >= 15 is 0 Å². The van der Waals surface area contributed by atoms with Crippen LogP contribution in [0.5, 0.6) is 0 Å². The van der Waals surface area contributed by atoms with Gasteiger partial charge in [-0.3, -0.25) is 9.78 Å². The summed E-state index contributed by atoms with van der Waals surface area (Å²) in [5, 5.41) is 2.90. The third kappa shape index (κ3) is 4.39. The van der Waals surface area contributed by atoms with Crippen molar-refractivity contribution >= 4 is 5.91 Å². The molecule has 0 aliphatic heterocycles. The average molecular weight is 283 g/mol. The molecule has 1 atom stereocenters. The fraction of sp³-hybridized carbons (Fsp3) is 0.294. The Labute approximate surface area is 125 Å². The van der Waals surface area contributed by atoms with E-state index < -0.39 is 0 Å². The Kier molecular flexibility index (Phi) is 5.46. The number of rotatable bonds is 6. The summed E-state index contributed by atoms with van der Waals surface area (Å²) in [6.45, 7) is 3.23. The van der Waals surface area contributed by atoms with E-state index in [9.17, 15) is 4.79 Å². The van der Waals surface area contributed by atoms with Crippen LogP contribution in [-0.4, -0.2) is 17.4 Å². The summed E-state index contributed by atoms with van der Waals surface area (Å²) < 4.78 is 0. The second-order valence-electron chi connectivity index (χ2n) is 5.11. The SMILES string of the molecule is CC(CCNC(=O)c1ccc(CN)cn1)c1ccccc1. The maximum atomic E-state index is 12.0. The Hall–Kier alpha value is -2.20. The lowest BCUT2D eigenvalue weighted by Crippen LogP contribution is -2.26. The standard InChI is InChI=1S/C17H21N3O/c1-13(15-5-3-2-4-6-15)9-10-19-17(21)16-8-7-14(11-18)12-20-16/h2-8,12-13H,9-11,18H2,1H3,(H,19,21). The number of hydrogen-bond acceptors (Lipinski definition) is 3. The van der Waals surface area contributed by atoms with E-state index in [4.69, 9.17) is 5.73 Å². The summed E-state index contributed by atoms with van der Waals surface area (Å²) in [5.74, 6) is 0.276. The fourth-order valence-corrected chi connectivity index (χ4v) is 2.12. The van der Waals surface area contributed by atoms with Gasteiger partial charge >= 0.3 is 0 Å². The zero-order valence-corrected chi connectivity index (χ0v) is 12.3. The Morgan fingerprint density at radius 1 is 1.24 bits per heavy atom. The zero-order chi connectivity index (χ0) is 15.1. The van der Waals surface area contributed by atoms with E-state index in [2.05, 4.69) is 29.4 Å². The first-order valence-electron chi connectivity index (χ1n) is 7.19. The van der Waals surface area contributed by atoms with Crippen LogP contribution in [0.3, 0.4) is 0 Å². The highest BCUT2D eigenvalue weighted by Gasteiger charge is 2.08. The Bertz CT molecular complexity index is 566. The van der Waals surface area contributed by atoms with Gasteiger partial charge in [0.25, 0.3) is 5.91 Å². The summed E-state index contributed by atoms with van der Waals surface area (Å²) in [4.78, 5) is 16.1. The number of hydrogen-bond donors (Lipinski definition) is 2. The molecule has 0 spiro atoms. The number of carbonyl (C=O) groups excluding carboxylic acids is 1. The number of nitrogens with zero attached hydrogens (tertiary/aromatic N) is 1. The number of benzene rings is 1. The first-order valence-corrected chi connectivity index (χ1v) is 7.19. The summed E-state index contributed by atoms with van der Waals surface area (Å²) in [5.41, 5.74) is 8.14. The van der Waals surface area contributed by atoms with E-state index in [1.54, 1.807) is 12.3 Å². The van der Waals surface area contributed by atoms with Crippen molar-refractivity contribution in [1.82, 2.24) is 10.3 Å². The van der Waals surface area contributed by atoms with Gasteiger partial charge in [0.1, 0.15) is 5.69 Å². The monoisotopic (exact) mass is 283 g/mol. The second kappa shape index (κ2) is 7.55. The maximum Gasteiger partial charge on any atom is 0.269 e. The molecule has 1 unspecified atom stereocenters. The summed E-state index contributed by atoms with van der Waals surface area (Å²) >= 11 is 0. The topological polar surface area (TPSA) is 68.0 Å². The molecule has 0 fully saturated rings. The van der Waals surface area contributed by atoms with Gasteiger partial charge < -0.3 is 11.1 Å². The molecule has 1 amide bonds. The largest absolute Gasteiger partial charge is 0.351 e. The van der Waals surface area contributed by atoms with Crippen molar-refractivity contribution in [2.45, 2.75) is 25.8 Å². The van der Waals surface area contributed by atoms with Crippen molar-refractivity contribution in [2.75, 3.05) is 6.54 Å². The molecule has 1 aromatic carbocycles. The van der Waals surface area contributed by atoms with Gasteiger partial charge in [0, 0.05) is 19.3 Å². The van der Waals surface area contributed by atoms with Crippen LogP contribution in [0.1, 0.15) is 40.9 Å². The molecule has 4 nitrogen and oxygen atoms in total. The molecule has 4 heteroatoms. The van der Waals surface area contributed by atoms with Crippen LogP contribution in [0.25, 0.3) is 0 Å². The van der Waals surface area contributed by atoms with Crippen LogP contribution in [0.4, 0.5) is 0 Å². The molecule has 21 heavy (non-hydrogen) atoms. The van der Waals surface area contributed by atoms with Crippen LogP contribution < -0.4 is 11.1 Å². The third-order valence-corrected chi connectivity index (χ3v) is 3.52. The highest BCUT2D eigenvalue weighted by Crippen LogP contribution is 2.17. The number of carbonyl (C=O) groups is 1. The highest BCUT2D eigenvalue weighted by atomic mass is 16.1.